The van der Waals surface area contributed by atoms with Crippen LogP contribution in [0.15, 0.2) is 24.3 Å². The molecule has 0 saturated heterocycles. The Kier molecular flexibility index (Phi) is 4.89. The molecule has 1 aromatic rings. The predicted molar refractivity (Wildman–Crippen MR) is 64.3 cm³/mol. The number of nitro benzene ring substituents is 1. The molecule has 0 saturated carbocycles. The number of carbonyl (C=O) groups excluding carboxylic acids is 1. The van der Waals surface area contributed by atoms with Crippen molar-refractivity contribution in [1.82, 2.24) is 0 Å². The lowest BCUT2D eigenvalue weighted by atomic mass is 9.89. The third-order valence-electron chi connectivity index (χ3n) is 2.73. The first-order valence-corrected chi connectivity index (χ1v) is 5.81. The Bertz CT molecular complexity index is 529. The van der Waals surface area contributed by atoms with Gasteiger partial charge in [0, 0.05) is 12.1 Å². The first kappa shape index (κ1) is 16.9. The molecular formula is C12H12F3NO5. The summed E-state index contributed by atoms with van der Waals surface area (Å²) < 4.78 is 43.6. The highest BCUT2D eigenvalue weighted by Gasteiger charge is 2.56. The molecule has 0 radical (unpaired) electrons. The number of rotatable bonds is 5. The number of hydrogen-bond donors (Lipinski definition) is 1. The molecule has 0 fully saturated rings. The van der Waals surface area contributed by atoms with Crippen molar-refractivity contribution in [1.29, 1.82) is 0 Å². The Morgan fingerprint density at radius 2 is 1.86 bits per heavy atom. The molecule has 0 aliphatic heterocycles. The van der Waals surface area contributed by atoms with Gasteiger partial charge in [0.25, 0.3) is 5.69 Å². The molecule has 1 aromatic carbocycles. The average Bonchev–Trinajstić information content (AvgIpc) is 2.37. The number of aliphatic hydroxyl groups is 1. The van der Waals surface area contributed by atoms with Crippen LogP contribution in [0.5, 0.6) is 0 Å². The third kappa shape index (κ3) is 3.69. The van der Waals surface area contributed by atoms with Gasteiger partial charge in [-0.2, -0.15) is 13.2 Å². The molecule has 21 heavy (non-hydrogen) atoms. The zero-order valence-corrected chi connectivity index (χ0v) is 10.9. The lowest BCUT2D eigenvalue weighted by Gasteiger charge is -2.29. The zero-order chi connectivity index (χ0) is 16.3. The number of nitro groups is 1. The number of halogens is 3. The molecule has 1 unspecified atom stereocenters. The largest absolute Gasteiger partial charge is 0.466 e. The topological polar surface area (TPSA) is 89.7 Å². The summed E-state index contributed by atoms with van der Waals surface area (Å²) >= 11 is 0. The molecule has 116 valence electrons. The normalized spacial score (nSPS) is 14.3. The van der Waals surface area contributed by atoms with Crippen LogP contribution in [0.4, 0.5) is 18.9 Å². The zero-order valence-electron chi connectivity index (χ0n) is 10.9. The van der Waals surface area contributed by atoms with Crippen LogP contribution in [-0.4, -0.2) is 28.8 Å². The van der Waals surface area contributed by atoms with Gasteiger partial charge in [-0.05, 0) is 24.6 Å². The Labute approximate surface area is 117 Å². The summed E-state index contributed by atoms with van der Waals surface area (Å²) in [6, 6.07) is 3.14. The minimum atomic E-state index is -5.14. The molecule has 1 N–H and O–H groups in total. The van der Waals surface area contributed by atoms with Crippen molar-refractivity contribution in [2.75, 3.05) is 6.61 Å². The number of ether oxygens (including phenoxy) is 1. The smallest absolute Gasteiger partial charge is 0.422 e. The minimum absolute atomic E-state index is 0.132. The van der Waals surface area contributed by atoms with Crippen LogP contribution in [0.3, 0.4) is 0 Å². The minimum Gasteiger partial charge on any atom is -0.466 e. The fraction of sp³-hybridized carbons (Fsp3) is 0.417. The van der Waals surface area contributed by atoms with Crippen molar-refractivity contribution in [3.8, 4) is 0 Å². The molecule has 0 amide bonds. The maximum atomic E-state index is 13.1. The van der Waals surface area contributed by atoms with E-state index in [9.17, 15) is 33.2 Å². The van der Waals surface area contributed by atoms with Crippen LogP contribution in [0.1, 0.15) is 18.9 Å². The highest BCUT2D eigenvalue weighted by Crippen LogP contribution is 2.42. The summed E-state index contributed by atoms with van der Waals surface area (Å²) in [5, 5.41) is 20.3. The van der Waals surface area contributed by atoms with Crippen LogP contribution < -0.4 is 0 Å². The van der Waals surface area contributed by atoms with E-state index in [1.54, 1.807) is 0 Å². The number of non-ortho nitro benzene ring substituents is 1. The molecule has 1 atom stereocenters. The van der Waals surface area contributed by atoms with E-state index in [0.29, 0.717) is 0 Å². The quantitative estimate of drug-likeness (QED) is 0.512. The first-order chi connectivity index (χ1) is 9.61. The summed E-state index contributed by atoms with van der Waals surface area (Å²) in [6.07, 6.45) is -6.47. The SMILES string of the molecule is CCOC(=O)CC(O)(c1ccc([N+](=O)[O-])cc1)C(F)(F)F. The van der Waals surface area contributed by atoms with Gasteiger partial charge in [-0.25, -0.2) is 0 Å². The fourth-order valence-electron chi connectivity index (χ4n) is 1.65. The number of hydrogen-bond acceptors (Lipinski definition) is 5. The fourth-order valence-corrected chi connectivity index (χ4v) is 1.65. The van der Waals surface area contributed by atoms with Gasteiger partial charge < -0.3 is 9.84 Å². The van der Waals surface area contributed by atoms with E-state index in [0.717, 1.165) is 24.3 Å². The Morgan fingerprint density at radius 3 is 2.24 bits per heavy atom. The van der Waals surface area contributed by atoms with Crippen molar-refractivity contribution >= 4 is 11.7 Å². The highest BCUT2D eigenvalue weighted by molar-refractivity contribution is 5.71. The lowest BCUT2D eigenvalue weighted by Crippen LogP contribution is -2.44. The summed E-state index contributed by atoms with van der Waals surface area (Å²) in [7, 11) is 0. The van der Waals surface area contributed by atoms with Crippen molar-refractivity contribution in [3.63, 3.8) is 0 Å². The van der Waals surface area contributed by atoms with Gasteiger partial charge in [0.15, 0.2) is 5.60 Å². The molecule has 0 heterocycles. The maximum absolute atomic E-state index is 13.1. The van der Waals surface area contributed by atoms with Gasteiger partial charge in [0.05, 0.1) is 18.0 Å². The van der Waals surface area contributed by atoms with Crippen LogP contribution in [0.2, 0.25) is 0 Å². The third-order valence-corrected chi connectivity index (χ3v) is 2.73. The number of alkyl halides is 3. The average molecular weight is 307 g/mol. The molecule has 0 aromatic heterocycles. The molecule has 6 nitrogen and oxygen atoms in total. The summed E-state index contributed by atoms with van der Waals surface area (Å²) in [5.74, 6) is -1.23. The van der Waals surface area contributed by atoms with Crippen LogP contribution in [0, 0.1) is 10.1 Å². The van der Waals surface area contributed by atoms with E-state index in [4.69, 9.17) is 0 Å². The Balaban J connectivity index is 3.18. The molecular weight excluding hydrogens is 295 g/mol. The van der Waals surface area contributed by atoms with Crippen molar-refractivity contribution in [2.45, 2.75) is 25.1 Å². The van der Waals surface area contributed by atoms with E-state index >= 15 is 0 Å². The molecule has 0 aliphatic rings. The van der Waals surface area contributed by atoms with Crippen LogP contribution in [0.25, 0.3) is 0 Å². The number of nitrogens with zero attached hydrogens (tertiary/aromatic N) is 1. The van der Waals surface area contributed by atoms with Gasteiger partial charge in [0.2, 0.25) is 0 Å². The first-order valence-electron chi connectivity index (χ1n) is 5.81. The van der Waals surface area contributed by atoms with E-state index in [1.807, 2.05) is 0 Å². The Hall–Kier alpha value is -2.16. The monoisotopic (exact) mass is 307 g/mol. The van der Waals surface area contributed by atoms with Crippen molar-refractivity contribution in [3.05, 3.63) is 39.9 Å². The van der Waals surface area contributed by atoms with Crippen LogP contribution >= 0.6 is 0 Å². The molecule has 0 spiro atoms. The second kappa shape index (κ2) is 6.08. The summed E-state index contributed by atoms with van der Waals surface area (Å²) in [6.45, 7) is 1.28. The second-order valence-corrected chi connectivity index (χ2v) is 4.14. The highest BCUT2D eigenvalue weighted by atomic mass is 19.4. The number of benzene rings is 1. The van der Waals surface area contributed by atoms with E-state index in [-0.39, 0.29) is 6.61 Å². The number of carbonyl (C=O) groups is 1. The van der Waals surface area contributed by atoms with Gasteiger partial charge >= 0.3 is 12.1 Å². The Morgan fingerprint density at radius 1 is 1.33 bits per heavy atom. The standard InChI is InChI=1S/C12H12F3NO5/c1-2-21-10(17)7-11(18,12(13,14)15)8-3-5-9(6-4-8)16(19)20/h3-6,18H,2,7H2,1H3. The van der Waals surface area contributed by atoms with Gasteiger partial charge in [0.1, 0.15) is 0 Å². The molecule has 0 bridgehead atoms. The summed E-state index contributed by atoms with van der Waals surface area (Å²) in [5.41, 5.74) is -4.57. The maximum Gasteiger partial charge on any atom is 0.422 e. The number of esters is 1. The van der Waals surface area contributed by atoms with Crippen LogP contribution in [-0.2, 0) is 15.1 Å². The molecule has 1 rings (SSSR count). The summed E-state index contributed by atoms with van der Waals surface area (Å²) in [4.78, 5) is 20.9. The molecule has 0 aliphatic carbocycles. The predicted octanol–water partition coefficient (Wildman–Crippen LogP) is 2.30. The molecule has 9 heteroatoms. The van der Waals surface area contributed by atoms with Gasteiger partial charge in [-0.3, -0.25) is 14.9 Å². The van der Waals surface area contributed by atoms with Crippen molar-refractivity contribution in [2.24, 2.45) is 0 Å². The van der Waals surface area contributed by atoms with E-state index < -0.39 is 40.3 Å². The van der Waals surface area contributed by atoms with Gasteiger partial charge in [-0.15, -0.1) is 0 Å². The van der Waals surface area contributed by atoms with Crippen molar-refractivity contribution < 1.29 is 32.7 Å². The van der Waals surface area contributed by atoms with Gasteiger partial charge in [-0.1, -0.05) is 0 Å². The lowest BCUT2D eigenvalue weighted by molar-refractivity contribution is -0.384. The van der Waals surface area contributed by atoms with E-state index in [2.05, 4.69) is 4.74 Å². The second-order valence-electron chi connectivity index (χ2n) is 4.14. The van der Waals surface area contributed by atoms with E-state index in [1.165, 1.54) is 6.92 Å².